The summed E-state index contributed by atoms with van der Waals surface area (Å²) in [4.78, 5) is 22.7. The first-order valence-electron chi connectivity index (χ1n) is 4.39. The van der Waals surface area contributed by atoms with Crippen molar-refractivity contribution in [3.05, 3.63) is 28.2 Å². The first-order valence-corrected chi connectivity index (χ1v) is 5.15. The summed E-state index contributed by atoms with van der Waals surface area (Å²) < 4.78 is 0. The summed E-state index contributed by atoms with van der Waals surface area (Å²) >= 11 is 11.7. The van der Waals surface area contributed by atoms with E-state index >= 15 is 0 Å². The zero-order valence-corrected chi connectivity index (χ0v) is 9.87. The molecule has 0 aromatic heterocycles. The molecule has 0 heterocycles. The van der Waals surface area contributed by atoms with Crippen LogP contribution in [0.1, 0.15) is 6.92 Å². The van der Waals surface area contributed by atoms with E-state index in [0.717, 1.165) is 4.90 Å². The average Bonchev–Trinajstić information content (AvgIpc) is 2.22. The number of aliphatic carboxylic acids is 1. The first kappa shape index (κ1) is 12.8. The Balaban J connectivity index is 3.23. The summed E-state index contributed by atoms with van der Waals surface area (Å²) in [5.41, 5.74) is 0.204. The topological polar surface area (TPSA) is 57.6 Å². The molecule has 0 spiro atoms. The number of carboxylic acids is 1. The van der Waals surface area contributed by atoms with Crippen molar-refractivity contribution in [1.29, 1.82) is 0 Å². The smallest absolute Gasteiger partial charge is 0.326 e. The molecule has 1 aromatic carbocycles. The molecule has 1 atom stereocenters. The number of rotatable bonds is 4. The van der Waals surface area contributed by atoms with Crippen LogP contribution in [-0.2, 0) is 9.59 Å². The highest BCUT2D eigenvalue weighted by molar-refractivity contribution is 6.39. The number of anilines is 1. The maximum absolute atomic E-state index is 10.9. The molecular formula is C10H9Cl2NO3. The quantitative estimate of drug-likeness (QED) is 0.848. The number of carbonyl (C=O) groups is 2. The van der Waals surface area contributed by atoms with E-state index in [-0.39, 0.29) is 15.7 Å². The summed E-state index contributed by atoms with van der Waals surface area (Å²) in [5, 5.41) is 9.30. The van der Waals surface area contributed by atoms with Crippen molar-refractivity contribution in [2.45, 2.75) is 13.0 Å². The normalized spacial score (nSPS) is 11.9. The van der Waals surface area contributed by atoms with Gasteiger partial charge in [-0.2, -0.15) is 0 Å². The Morgan fingerprint density at radius 3 is 2.31 bits per heavy atom. The molecule has 1 aromatic rings. The largest absolute Gasteiger partial charge is 0.480 e. The summed E-state index contributed by atoms with van der Waals surface area (Å²) in [6.45, 7) is 1.37. The minimum absolute atomic E-state index is 0.204. The van der Waals surface area contributed by atoms with Crippen LogP contribution in [0, 0.1) is 0 Å². The predicted octanol–water partition coefficient (Wildman–Crippen LogP) is 2.43. The number of carbonyl (C=O) groups excluding carboxylic acids is 1. The third-order valence-corrected chi connectivity index (χ3v) is 2.69. The Bertz CT molecular complexity index is 402. The SMILES string of the molecule is CC(C(=O)O)N(C=O)c1c(Cl)cccc1Cl. The number of halogens is 2. The van der Waals surface area contributed by atoms with Crippen molar-refractivity contribution in [3.8, 4) is 0 Å². The number of amides is 1. The van der Waals surface area contributed by atoms with Gasteiger partial charge in [0, 0.05) is 0 Å². The Hall–Kier alpha value is -1.26. The van der Waals surface area contributed by atoms with E-state index in [9.17, 15) is 9.59 Å². The van der Waals surface area contributed by atoms with Gasteiger partial charge in [-0.3, -0.25) is 9.69 Å². The fourth-order valence-electron chi connectivity index (χ4n) is 1.19. The summed E-state index contributed by atoms with van der Waals surface area (Å²) in [6, 6.07) is 3.65. The minimum atomic E-state index is -1.14. The van der Waals surface area contributed by atoms with Gasteiger partial charge in [0.1, 0.15) is 6.04 Å². The van der Waals surface area contributed by atoms with Gasteiger partial charge < -0.3 is 5.11 Å². The molecule has 0 aliphatic carbocycles. The van der Waals surface area contributed by atoms with Crippen LogP contribution in [0.3, 0.4) is 0 Å². The van der Waals surface area contributed by atoms with Gasteiger partial charge in [-0.1, -0.05) is 29.3 Å². The van der Waals surface area contributed by atoms with Crippen molar-refractivity contribution >= 4 is 41.3 Å². The molecule has 0 radical (unpaired) electrons. The van der Waals surface area contributed by atoms with Gasteiger partial charge in [0.15, 0.2) is 0 Å². The molecule has 86 valence electrons. The molecule has 0 saturated heterocycles. The highest BCUT2D eigenvalue weighted by Gasteiger charge is 2.24. The monoisotopic (exact) mass is 261 g/mol. The van der Waals surface area contributed by atoms with Gasteiger partial charge >= 0.3 is 5.97 Å². The molecule has 1 rings (SSSR count). The van der Waals surface area contributed by atoms with E-state index < -0.39 is 12.0 Å². The second-order valence-electron chi connectivity index (χ2n) is 3.10. The van der Waals surface area contributed by atoms with Crippen molar-refractivity contribution in [3.63, 3.8) is 0 Å². The second kappa shape index (κ2) is 5.18. The molecular weight excluding hydrogens is 253 g/mol. The molecule has 4 nitrogen and oxygen atoms in total. The molecule has 0 saturated carbocycles. The Kier molecular flexibility index (Phi) is 4.15. The van der Waals surface area contributed by atoms with E-state index in [0.29, 0.717) is 6.41 Å². The molecule has 1 amide bonds. The van der Waals surface area contributed by atoms with Crippen molar-refractivity contribution in [1.82, 2.24) is 0 Å². The van der Waals surface area contributed by atoms with Crippen LogP contribution in [0.15, 0.2) is 18.2 Å². The third-order valence-electron chi connectivity index (χ3n) is 2.08. The van der Waals surface area contributed by atoms with Gasteiger partial charge in [-0.25, -0.2) is 4.79 Å². The van der Waals surface area contributed by atoms with Gasteiger partial charge in [0.2, 0.25) is 6.41 Å². The van der Waals surface area contributed by atoms with E-state index in [4.69, 9.17) is 28.3 Å². The van der Waals surface area contributed by atoms with Crippen LogP contribution in [0.4, 0.5) is 5.69 Å². The van der Waals surface area contributed by atoms with Gasteiger partial charge in [0.25, 0.3) is 0 Å². The van der Waals surface area contributed by atoms with E-state index in [1.54, 1.807) is 6.07 Å². The second-order valence-corrected chi connectivity index (χ2v) is 3.91. The molecule has 1 N–H and O–H groups in total. The lowest BCUT2D eigenvalue weighted by Crippen LogP contribution is -2.38. The molecule has 0 aliphatic rings. The van der Waals surface area contributed by atoms with Crippen molar-refractivity contribution in [2.24, 2.45) is 0 Å². The van der Waals surface area contributed by atoms with Gasteiger partial charge in [-0.05, 0) is 19.1 Å². The lowest BCUT2D eigenvalue weighted by molar-refractivity contribution is -0.138. The van der Waals surface area contributed by atoms with Crippen molar-refractivity contribution in [2.75, 3.05) is 4.90 Å². The summed E-state index contributed by atoms with van der Waals surface area (Å²) in [6.07, 6.45) is 0.395. The number of hydrogen-bond acceptors (Lipinski definition) is 2. The maximum Gasteiger partial charge on any atom is 0.326 e. The molecule has 0 aliphatic heterocycles. The standard InChI is InChI=1S/C10H9Cl2NO3/c1-6(10(15)16)13(5-14)9-7(11)3-2-4-8(9)12/h2-6H,1H3,(H,15,16). The van der Waals surface area contributed by atoms with E-state index in [2.05, 4.69) is 0 Å². The fourth-order valence-corrected chi connectivity index (χ4v) is 1.78. The van der Waals surface area contributed by atoms with Gasteiger partial charge in [0.05, 0.1) is 15.7 Å². The lowest BCUT2D eigenvalue weighted by Gasteiger charge is -2.23. The van der Waals surface area contributed by atoms with Crippen LogP contribution in [0.5, 0.6) is 0 Å². The molecule has 0 bridgehead atoms. The summed E-state index contributed by atoms with van der Waals surface area (Å²) in [5.74, 6) is -1.14. The number of nitrogens with zero attached hydrogens (tertiary/aromatic N) is 1. The highest BCUT2D eigenvalue weighted by atomic mass is 35.5. The van der Waals surface area contributed by atoms with Crippen LogP contribution in [0.25, 0.3) is 0 Å². The molecule has 0 fully saturated rings. The van der Waals surface area contributed by atoms with Crippen LogP contribution in [-0.4, -0.2) is 23.5 Å². The van der Waals surface area contributed by atoms with Crippen LogP contribution in [0.2, 0.25) is 10.0 Å². The molecule has 1 unspecified atom stereocenters. The number of para-hydroxylation sites is 1. The lowest BCUT2D eigenvalue weighted by atomic mass is 10.2. The molecule has 6 heteroatoms. The first-order chi connectivity index (χ1) is 7.49. The number of carboxylic acid groups (broad SMARTS) is 1. The van der Waals surface area contributed by atoms with Gasteiger partial charge in [-0.15, -0.1) is 0 Å². The Labute approximate surface area is 102 Å². The molecule has 16 heavy (non-hydrogen) atoms. The Morgan fingerprint density at radius 1 is 1.44 bits per heavy atom. The zero-order chi connectivity index (χ0) is 12.3. The predicted molar refractivity (Wildman–Crippen MR) is 62.1 cm³/mol. The highest BCUT2D eigenvalue weighted by Crippen LogP contribution is 2.33. The summed E-state index contributed by atoms with van der Waals surface area (Å²) in [7, 11) is 0. The minimum Gasteiger partial charge on any atom is -0.480 e. The Morgan fingerprint density at radius 2 is 1.94 bits per heavy atom. The third kappa shape index (κ3) is 2.46. The maximum atomic E-state index is 10.9. The van der Waals surface area contributed by atoms with E-state index in [1.165, 1.54) is 19.1 Å². The average molecular weight is 262 g/mol. The van der Waals surface area contributed by atoms with E-state index in [1.807, 2.05) is 0 Å². The fraction of sp³-hybridized carbons (Fsp3) is 0.200. The number of benzene rings is 1. The zero-order valence-electron chi connectivity index (χ0n) is 8.35. The van der Waals surface area contributed by atoms with Crippen LogP contribution < -0.4 is 4.90 Å². The number of hydrogen-bond donors (Lipinski definition) is 1. The van der Waals surface area contributed by atoms with Crippen molar-refractivity contribution < 1.29 is 14.7 Å². The van der Waals surface area contributed by atoms with Crippen LogP contribution >= 0.6 is 23.2 Å².